The zero-order chi connectivity index (χ0) is 14.6. The molecule has 0 spiro atoms. The molecule has 0 aliphatic carbocycles. The Kier molecular flexibility index (Phi) is 4.87. The largest absolute Gasteiger partial charge is 0.347 e. The van der Waals surface area contributed by atoms with E-state index in [-0.39, 0.29) is 0 Å². The van der Waals surface area contributed by atoms with Gasteiger partial charge in [0, 0.05) is 24.8 Å². The maximum atomic E-state index is 3.46. The average Bonchev–Trinajstić information content (AvgIpc) is 2.78. The average molecular weight is 272 g/mol. The fraction of sp³-hybridized carbons (Fsp3) is 0.556. The molecule has 0 fully saturated rings. The summed E-state index contributed by atoms with van der Waals surface area (Å²) in [6.45, 7) is 12.3. The Morgan fingerprint density at radius 2 is 1.95 bits per heavy atom. The molecule has 1 heterocycles. The van der Waals surface area contributed by atoms with Gasteiger partial charge in [-0.25, -0.2) is 0 Å². The minimum absolute atomic E-state index is 0.389. The Bertz CT molecular complexity index is 546. The van der Waals surface area contributed by atoms with Gasteiger partial charge in [0.15, 0.2) is 0 Å². The number of aromatic nitrogens is 1. The van der Waals surface area contributed by atoms with E-state index in [1.165, 1.54) is 29.3 Å². The van der Waals surface area contributed by atoms with Crippen molar-refractivity contribution in [2.24, 2.45) is 5.41 Å². The highest BCUT2D eigenvalue weighted by Gasteiger charge is 2.11. The van der Waals surface area contributed by atoms with Gasteiger partial charge in [-0.15, -0.1) is 0 Å². The van der Waals surface area contributed by atoms with Crippen LogP contribution in [0.15, 0.2) is 30.5 Å². The standard InChI is InChI=1S/C18H28N2/c1-5-10-19-14-15-6-7-17-16(13-15)8-11-20(17)12-9-18(2,3)4/h6-8,11,13,19H,5,9-10,12,14H2,1-4H3. The first-order chi connectivity index (χ1) is 9.49. The molecule has 2 nitrogen and oxygen atoms in total. The van der Waals surface area contributed by atoms with Crippen LogP contribution in [0, 0.1) is 5.41 Å². The molecule has 0 unspecified atom stereocenters. The molecule has 2 heteroatoms. The van der Waals surface area contributed by atoms with Crippen molar-refractivity contribution in [1.82, 2.24) is 9.88 Å². The van der Waals surface area contributed by atoms with Gasteiger partial charge in [0.05, 0.1) is 0 Å². The van der Waals surface area contributed by atoms with Gasteiger partial charge >= 0.3 is 0 Å². The predicted molar refractivity (Wildman–Crippen MR) is 88.0 cm³/mol. The Morgan fingerprint density at radius 1 is 1.15 bits per heavy atom. The molecule has 20 heavy (non-hydrogen) atoms. The zero-order valence-corrected chi connectivity index (χ0v) is 13.4. The van der Waals surface area contributed by atoms with Crippen LogP contribution in [-0.4, -0.2) is 11.1 Å². The van der Waals surface area contributed by atoms with Crippen LogP contribution in [0.1, 0.15) is 46.1 Å². The van der Waals surface area contributed by atoms with E-state index in [2.05, 4.69) is 68.0 Å². The smallest absolute Gasteiger partial charge is 0.0480 e. The molecule has 0 radical (unpaired) electrons. The molecule has 0 atom stereocenters. The van der Waals surface area contributed by atoms with Gasteiger partial charge in [0.25, 0.3) is 0 Å². The monoisotopic (exact) mass is 272 g/mol. The lowest BCUT2D eigenvalue weighted by molar-refractivity contribution is 0.353. The number of hydrogen-bond donors (Lipinski definition) is 1. The Labute approximate surface area is 123 Å². The molecule has 1 aromatic heterocycles. The third-order valence-corrected chi connectivity index (χ3v) is 3.69. The van der Waals surface area contributed by atoms with Gasteiger partial charge in [-0.1, -0.05) is 33.8 Å². The maximum absolute atomic E-state index is 3.46. The Morgan fingerprint density at radius 3 is 2.65 bits per heavy atom. The third-order valence-electron chi connectivity index (χ3n) is 3.69. The van der Waals surface area contributed by atoms with Crippen LogP contribution in [0.25, 0.3) is 10.9 Å². The van der Waals surface area contributed by atoms with Crippen LogP contribution >= 0.6 is 0 Å². The molecule has 2 aromatic rings. The van der Waals surface area contributed by atoms with E-state index in [0.29, 0.717) is 5.41 Å². The number of fused-ring (bicyclic) bond motifs is 1. The molecule has 0 saturated heterocycles. The summed E-state index contributed by atoms with van der Waals surface area (Å²) in [6, 6.07) is 9.06. The normalized spacial score (nSPS) is 12.2. The summed E-state index contributed by atoms with van der Waals surface area (Å²) < 4.78 is 2.38. The van der Waals surface area contributed by atoms with Crippen LogP contribution < -0.4 is 5.32 Å². The highest BCUT2D eigenvalue weighted by atomic mass is 14.9. The van der Waals surface area contributed by atoms with Crippen LogP contribution in [0.4, 0.5) is 0 Å². The second-order valence-electron chi connectivity index (χ2n) is 6.89. The summed E-state index contributed by atoms with van der Waals surface area (Å²) in [7, 11) is 0. The van der Waals surface area contributed by atoms with E-state index < -0.39 is 0 Å². The maximum Gasteiger partial charge on any atom is 0.0480 e. The van der Waals surface area contributed by atoms with E-state index >= 15 is 0 Å². The highest BCUT2D eigenvalue weighted by molar-refractivity contribution is 5.80. The first-order valence-corrected chi connectivity index (χ1v) is 7.78. The van der Waals surface area contributed by atoms with E-state index in [0.717, 1.165) is 19.6 Å². The fourth-order valence-electron chi connectivity index (χ4n) is 2.42. The van der Waals surface area contributed by atoms with Crippen LogP contribution in [0.2, 0.25) is 0 Å². The number of benzene rings is 1. The van der Waals surface area contributed by atoms with Gasteiger partial charge in [0.1, 0.15) is 0 Å². The molecule has 1 N–H and O–H groups in total. The topological polar surface area (TPSA) is 17.0 Å². The minimum Gasteiger partial charge on any atom is -0.347 e. The van der Waals surface area contributed by atoms with E-state index in [1.54, 1.807) is 0 Å². The Hall–Kier alpha value is -1.28. The van der Waals surface area contributed by atoms with Crippen molar-refractivity contribution >= 4 is 10.9 Å². The molecule has 0 saturated carbocycles. The van der Waals surface area contributed by atoms with Crippen LogP contribution in [0.3, 0.4) is 0 Å². The van der Waals surface area contributed by atoms with Crippen LogP contribution in [-0.2, 0) is 13.1 Å². The van der Waals surface area contributed by atoms with Crippen molar-refractivity contribution in [2.45, 2.75) is 53.6 Å². The number of hydrogen-bond acceptors (Lipinski definition) is 1. The first-order valence-electron chi connectivity index (χ1n) is 7.78. The molecule has 0 bridgehead atoms. The van der Waals surface area contributed by atoms with Crippen molar-refractivity contribution in [2.75, 3.05) is 6.54 Å². The van der Waals surface area contributed by atoms with Crippen molar-refractivity contribution in [3.63, 3.8) is 0 Å². The summed E-state index contributed by atoms with van der Waals surface area (Å²) in [6.07, 6.45) is 4.61. The van der Waals surface area contributed by atoms with Gasteiger partial charge in [0.2, 0.25) is 0 Å². The minimum atomic E-state index is 0.389. The fourth-order valence-corrected chi connectivity index (χ4v) is 2.42. The Balaban J connectivity index is 2.08. The van der Waals surface area contributed by atoms with E-state index in [9.17, 15) is 0 Å². The summed E-state index contributed by atoms with van der Waals surface area (Å²) in [5, 5.41) is 4.82. The van der Waals surface area contributed by atoms with Crippen molar-refractivity contribution in [3.8, 4) is 0 Å². The number of nitrogens with one attached hydrogen (secondary N) is 1. The van der Waals surface area contributed by atoms with E-state index in [1.807, 2.05) is 0 Å². The number of aryl methyl sites for hydroxylation is 1. The van der Waals surface area contributed by atoms with Crippen molar-refractivity contribution in [1.29, 1.82) is 0 Å². The molecule has 0 amide bonds. The highest BCUT2D eigenvalue weighted by Crippen LogP contribution is 2.23. The lowest BCUT2D eigenvalue weighted by Gasteiger charge is -2.18. The summed E-state index contributed by atoms with van der Waals surface area (Å²) >= 11 is 0. The molecule has 110 valence electrons. The molecule has 0 aliphatic heterocycles. The molecule has 1 aromatic carbocycles. The molecule has 0 aliphatic rings. The zero-order valence-electron chi connectivity index (χ0n) is 13.4. The number of nitrogens with zero attached hydrogens (tertiary/aromatic N) is 1. The van der Waals surface area contributed by atoms with Gasteiger partial charge in [-0.3, -0.25) is 0 Å². The summed E-state index contributed by atoms with van der Waals surface area (Å²) in [5.74, 6) is 0. The quantitative estimate of drug-likeness (QED) is 0.762. The van der Waals surface area contributed by atoms with Crippen molar-refractivity contribution < 1.29 is 0 Å². The van der Waals surface area contributed by atoms with Gasteiger partial charge in [-0.2, -0.15) is 0 Å². The second kappa shape index (κ2) is 6.45. The summed E-state index contributed by atoms with van der Waals surface area (Å²) in [5.41, 5.74) is 3.12. The SMILES string of the molecule is CCCNCc1ccc2c(ccn2CCC(C)(C)C)c1. The second-order valence-corrected chi connectivity index (χ2v) is 6.89. The number of rotatable bonds is 6. The third kappa shape index (κ3) is 4.11. The molecule has 2 rings (SSSR count). The summed E-state index contributed by atoms with van der Waals surface area (Å²) in [4.78, 5) is 0. The molecular formula is C18H28N2. The lowest BCUT2D eigenvalue weighted by Crippen LogP contribution is -2.13. The van der Waals surface area contributed by atoms with Gasteiger partial charge in [-0.05, 0) is 54.0 Å². The van der Waals surface area contributed by atoms with E-state index in [4.69, 9.17) is 0 Å². The lowest BCUT2D eigenvalue weighted by atomic mass is 9.92. The predicted octanol–water partition coefficient (Wildman–Crippen LogP) is 4.58. The first kappa shape index (κ1) is 15.1. The van der Waals surface area contributed by atoms with Crippen LogP contribution in [0.5, 0.6) is 0 Å². The van der Waals surface area contributed by atoms with Crippen molar-refractivity contribution in [3.05, 3.63) is 36.0 Å². The van der Waals surface area contributed by atoms with Gasteiger partial charge < -0.3 is 9.88 Å². The molecular weight excluding hydrogens is 244 g/mol.